The van der Waals surface area contributed by atoms with E-state index in [4.69, 9.17) is 5.84 Å². The van der Waals surface area contributed by atoms with E-state index in [1.807, 2.05) is 6.92 Å². The van der Waals surface area contributed by atoms with E-state index in [-0.39, 0.29) is 31.8 Å². The molecule has 1 unspecified atom stereocenters. The van der Waals surface area contributed by atoms with Crippen LogP contribution in [0.3, 0.4) is 0 Å². The number of carbonyl (C=O) groups excluding carboxylic acids is 1. The third kappa shape index (κ3) is 3.57. The number of nitrogens with zero attached hydrogens (tertiary/aromatic N) is 1. The second kappa shape index (κ2) is 5.68. The average Bonchev–Trinajstić information content (AvgIpc) is 2.29. The first-order valence-corrected chi connectivity index (χ1v) is 5.71. The monoisotopic (exact) mass is 253 g/mol. The molecule has 0 saturated carbocycles. The fraction of sp³-hybridized carbons (Fsp3) is 0.900. The van der Waals surface area contributed by atoms with Crippen LogP contribution in [-0.2, 0) is 4.79 Å². The second-order valence-electron chi connectivity index (χ2n) is 4.28. The van der Waals surface area contributed by atoms with E-state index in [1.165, 1.54) is 0 Å². The van der Waals surface area contributed by atoms with Crippen LogP contribution in [0.15, 0.2) is 0 Å². The third-order valence-electron chi connectivity index (χ3n) is 3.26. The van der Waals surface area contributed by atoms with Gasteiger partial charge in [-0.2, -0.15) is 13.2 Å². The lowest BCUT2D eigenvalue weighted by Gasteiger charge is -2.36. The van der Waals surface area contributed by atoms with Crippen LogP contribution in [0.1, 0.15) is 26.2 Å². The Morgan fingerprint density at radius 1 is 1.47 bits per heavy atom. The first kappa shape index (κ1) is 14.2. The molecule has 100 valence electrons. The minimum absolute atomic E-state index is 0.0534. The predicted octanol–water partition coefficient (Wildman–Crippen LogP) is 1.03. The van der Waals surface area contributed by atoms with Gasteiger partial charge in [0.25, 0.3) is 5.91 Å². The van der Waals surface area contributed by atoms with E-state index in [0.29, 0.717) is 6.42 Å². The normalized spacial score (nSPS) is 21.2. The van der Waals surface area contributed by atoms with Crippen LogP contribution in [0.25, 0.3) is 0 Å². The highest BCUT2D eigenvalue weighted by Crippen LogP contribution is 2.34. The molecule has 1 fully saturated rings. The van der Waals surface area contributed by atoms with Crippen LogP contribution in [0.5, 0.6) is 0 Å². The van der Waals surface area contributed by atoms with Gasteiger partial charge in [0.2, 0.25) is 0 Å². The summed E-state index contributed by atoms with van der Waals surface area (Å²) in [5.74, 6) is 3.47. The highest BCUT2D eigenvalue weighted by atomic mass is 19.4. The van der Waals surface area contributed by atoms with E-state index in [1.54, 1.807) is 4.90 Å². The van der Waals surface area contributed by atoms with Gasteiger partial charge in [-0.05, 0) is 32.4 Å². The summed E-state index contributed by atoms with van der Waals surface area (Å²) in [5.41, 5.74) is 2.05. The van der Waals surface area contributed by atoms with Crippen molar-refractivity contribution in [1.82, 2.24) is 10.3 Å². The van der Waals surface area contributed by atoms with Gasteiger partial charge in [-0.3, -0.25) is 15.1 Å². The SMILES string of the molecule is CCC(C(=O)NN)N1CCC(C(F)(F)F)CC1. The maximum absolute atomic E-state index is 12.5. The number of nitrogens with one attached hydrogen (secondary N) is 1. The van der Waals surface area contributed by atoms with Crippen molar-refractivity contribution >= 4 is 5.91 Å². The van der Waals surface area contributed by atoms with Crippen molar-refractivity contribution in [2.45, 2.75) is 38.4 Å². The molecule has 0 aliphatic carbocycles. The second-order valence-corrected chi connectivity index (χ2v) is 4.28. The maximum Gasteiger partial charge on any atom is 0.391 e. The molecule has 1 rings (SSSR count). The van der Waals surface area contributed by atoms with Gasteiger partial charge < -0.3 is 0 Å². The Bertz CT molecular complexity index is 262. The Balaban J connectivity index is 2.53. The molecule has 3 N–H and O–H groups in total. The smallest absolute Gasteiger partial charge is 0.293 e. The van der Waals surface area contributed by atoms with Gasteiger partial charge in [-0.25, -0.2) is 5.84 Å². The number of hydrogen-bond acceptors (Lipinski definition) is 3. The number of rotatable bonds is 3. The predicted molar refractivity (Wildman–Crippen MR) is 56.8 cm³/mol. The molecular weight excluding hydrogens is 235 g/mol. The van der Waals surface area contributed by atoms with Gasteiger partial charge in [-0.15, -0.1) is 0 Å². The lowest BCUT2D eigenvalue weighted by molar-refractivity contribution is -0.186. The zero-order chi connectivity index (χ0) is 13.1. The molecule has 1 amide bonds. The van der Waals surface area contributed by atoms with Crippen molar-refractivity contribution in [3.05, 3.63) is 0 Å². The molecule has 0 aromatic rings. The fourth-order valence-corrected chi connectivity index (χ4v) is 2.24. The van der Waals surface area contributed by atoms with E-state index in [9.17, 15) is 18.0 Å². The van der Waals surface area contributed by atoms with Gasteiger partial charge in [0, 0.05) is 0 Å². The summed E-state index contributed by atoms with van der Waals surface area (Å²) in [4.78, 5) is 13.2. The average molecular weight is 253 g/mol. The number of halogens is 3. The molecule has 7 heteroatoms. The molecule has 1 aliphatic rings. The molecule has 0 aromatic heterocycles. The Kier molecular flexibility index (Phi) is 4.76. The number of piperidine rings is 1. The topological polar surface area (TPSA) is 58.4 Å². The summed E-state index contributed by atoms with van der Waals surface area (Å²) in [6, 6.07) is -0.422. The van der Waals surface area contributed by atoms with E-state index >= 15 is 0 Å². The lowest BCUT2D eigenvalue weighted by atomic mass is 9.94. The third-order valence-corrected chi connectivity index (χ3v) is 3.26. The molecule has 1 heterocycles. The van der Waals surface area contributed by atoms with E-state index in [2.05, 4.69) is 5.43 Å². The van der Waals surface area contributed by atoms with Crippen LogP contribution in [0, 0.1) is 5.92 Å². The van der Waals surface area contributed by atoms with Crippen molar-refractivity contribution in [1.29, 1.82) is 0 Å². The number of alkyl halides is 3. The first-order chi connectivity index (χ1) is 7.90. The number of likely N-dealkylation sites (tertiary alicyclic amines) is 1. The molecule has 4 nitrogen and oxygen atoms in total. The summed E-state index contributed by atoms with van der Waals surface area (Å²) in [5, 5.41) is 0. The molecule has 0 bridgehead atoms. The quantitative estimate of drug-likeness (QED) is 0.448. The minimum atomic E-state index is -4.12. The van der Waals surface area contributed by atoms with Crippen LogP contribution in [-0.4, -0.2) is 36.1 Å². The van der Waals surface area contributed by atoms with Crippen molar-refractivity contribution in [2.24, 2.45) is 11.8 Å². The van der Waals surface area contributed by atoms with Gasteiger partial charge in [0.15, 0.2) is 0 Å². The number of hydrazine groups is 1. The molecular formula is C10H18F3N3O. The van der Waals surface area contributed by atoms with Gasteiger partial charge >= 0.3 is 6.18 Å². The summed E-state index contributed by atoms with van der Waals surface area (Å²) in [6.07, 6.45) is -3.47. The highest BCUT2D eigenvalue weighted by Gasteiger charge is 2.42. The summed E-state index contributed by atoms with van der Waals surface area (Å²) >= 11 is 0. The molecule has 0 aromatic carbocycles. The van der Waals surface area contributed by atoms with Crippen molar-refractivity contribution in [3.8, 4) is 0 Å². The minimum Gasteiger partial charge on any atom is -0.293 e. The highest BCUT2D eigenvalue weighted by molar-refractivity contribution is 5.81. The number of hydrogen-bond donors (Lipinski definition) is 2. The Morgan fingerprint density at radius 2 is 2.00 bits per heavy atom. The molecule has 0 spiro atoms. The Morgan fingerprint density at radius 3 is 2.35 bits per heavy atom. The van der Waals surface area contributed by atoms with Crippen molar-refractivity contribution in [2.75, 3.05) is 13.1 Å². The first-order valence-electron chi connectivity index (χ1n) is 5.71. The lowest BCUT2D eigenvalue weighted by Crippen LogP contribution is -2.52. The fourth-order valence-electron chi connectivity index (χ4n) is 2.24. The summed E-state index contributed by atoms with van der Waals surface area (Å²) in [7, 11) is 0. The maximum atomic E-state index is 12.5. The molecule has 1 atom stereocenters. The molecule has 17 heavy (non-hydrogen) atoms. The summed E-state index contributed by atoms with van der Waals surface area (Å²) < 4.78 is 37.4. The van der Waals surface area contributed by atoms with Gasteiger partial charge in [0.05, 0.1) is 12.0 Å². The number of carbonyl (C=O) groups is 1. The molecule has 0 radical (unpaired) electrons. The van der Waals surface area contributed by atoms with E-state index < -0.39 is 18.1 Å². The van der Waals surface area contributed by atoms with Gasteiger partial charge in [-0.1, -0.05) is 6.92 Å². The zero-order valence-corrected chi connectivity index (χ0v) is 9.76. The van der Waals surface area contributed by atoms with Crippen LogP contribution in [0.2, 0.25) is 0 Å². The van der Waals surface area contributed by atoms with E-state index in [0.717, 1.165) is 0 Å². The van der Waals surface area contributed by atoms with Crippen molar-refractivity contribution < 1.29 is 18.0 Å². The van der Waals surface area contributed by atoms with Crippen LogP contribution >= 0.6 is 0 Å². The standard InChI is InChI=1S/C10H18F3N3O/c1-2-8(9(17)15-14)16-5-3-7(4-6-16)10(11,12)13/h7-8H,2-6,14H2,1H3,(H,15,17). The number of amides is 1. The Hall–Kier alpha value is -0.820. The largest absolute Gasteiger partial charge is 0.391 e. The summed E-state index contributed by atoms with van der Waals surface area (Å²) in [6.45, 7) is 2.39. The number of nitrogens with two attached hydrogens (primary N) is 1. The Labute approximate surface area is 98.3 Å². The molecule has 1 aliphatic heterocycles. The van der Waals surface area contributed by atoms with Gasteiger partial charge in [0.1, 0.15) is 0 Å². The van der Waals surface area contributed by atoms with Crippen molar-refractivity contribution in [3.63, 3.8) is 0 Å². The molecule has 1 saturated heterocycles. The zero-order valence-electron chi connectivity index (χ0n) is 9.76. The van der Waals surface area contributed by atoms with Crippen LogP contribution in [0.4, 0.5) is 13.2 Å². The van der Waals surface area contributed by atoms with Crippen LogP contribution < -0.4 is 11.3 Å².